The van der Waals surface area contributed by atoms with E-state index in [0.29, 0.717) is 5.92 Å². The molecule has 1 saturated heterocycles. The van der Waals surface area contributed by atoms with Crippen molar-refractivity contribution < 1.29 is 4.79 Å². The number of piperazine rings is 1. The smallest absolute Gasteiger partial charge is 0.239 e. The molecule has 1 unspecified atom stereocenters. The van der Waals surface area contributed by atoms with Gasteiger partial charge in [0.05, 0.1) is 0 Å². The number of nitrogens with zero attached hydrogens (tertiary/aromatic N) is 2. The molecule has 1 saturated carbocycles. The molecule has 18 heavy (non-hydrogen) atoms. The summed E-state index contributed by atoms with van der Waals surface area (Å²) in [4.78, 5) is 16.7. The molecule has 0 radical (unpaired) electrons. The van der Waals surface area contributed by atoms with Crippen LogP contribution < -0.4 is 11.1 Å². The molecule has 104 valence electrons. The maximum atomic E-state index is 11.9. The first-order valence-electron chi connectivity index (χ1n) is 7.06. The Balaban J connectivity index is 1.95. The summed E-state index contributed by atoms with van der Waals surface area (Å²) in [7, 11) is 1.87. The quantitative estimate of drug-likeness (QED) is 0.669. The molecule has 1 aliphatic carbocycles. The third-order valence-corrected chi connectivity index (χ3v) is 4.55. The highest BCUT2D eigenvalue weighted by molar-refractivity contribution is 5.86. The van der Waals surface area contributed by atoms with Crippen molar-refractivity contribution in [3.63, 3.8) is 0 Å². The van der Waals surface area contributed by atoms with Gasteiger partial charge < -0.3 is 16.0 Å². The van der Waals surface area contributed by atoms with Crippen LogP contribution in [0, 0.1) is 5.92 Å². The molecule has 5 nitrogen and oxygen atoms in total. The molecule has 2 aliphatic rings. The Morgan fingerprint density at radius 1 is 1.28 bits per heavy atom. The molecular formula is C13H26N4O. The van der Waals surface area contributed by atoms with E-state index in [9.17, 15) is 4.79 Å². The number of carbonyl (C=O) groups is 1. The van der Waals surface area contributed by atoms with Crippen LogP contribution in [0.3, 0.4) is 0 Å². The summed E-state index contributed by atoms with van der Waals surface area (Å²) in [6, 6.07) is 0. The zero-order valence-electron chi connectivity index (χ0n) is 11.6. The van der Waals surface area contributed by atoms with E-state index in [4.69, 9.17) is 5.73 Å². The van der Waals surface area contributed by atoms with Gasteiger partial charge in [-0.2, -0.15) is 0 Å². The minimum Gasteiger partial charge on any atom is -0.368 e. The van der Waals surface area contributed by atoms with Crippen LogP contribution in [0.5, 0.6) is 0 Å². The lowest BCUT2D eigenvalue weighted by atomic mass is 9.91. The molecule has 1 atom stereocenters. The van der Waals surface area contributed by atoms with E-state index in [1.807, 2.05) is 7.05 Å². The van der Waals surface area contributed by atoms with E-state index in [-0.39, 0.29) is 5.91 Å². The lowest BCUT2D eigenvalue weighted by Crippen LogP contribution is -2.63. The fourth-order valence-corrected chi connectivity index (χ4v) is 3.01. The normalized spacial score (nSPS) is 25.9. The summed E-state index contributed by atoms with van der Waals surface area (Å²) >= 11 is 0. The van der Waals surface area contributed by atoms with Crippen LogP contribution >= 0.6 is 0 Å². The first-order valence-corrected chi connectivity index (χ1v) is 7.06. The number of hydrogen-bond acceptors (Lipinski definition) is 4. The minimum absolute atomic E-state index is 0.189. The van der Waals surface area contributed by atoms with Crippen LogP contribution in [0.2, 0.25) is 0 Å². The average Bonchev–Trinajstić information content (AvgIpc) is 3.21. The SMILES string of the molecule is CCN1CCN(CC(NC)(C(N)=O)C2CC2)CC1. The number of likely N-dealkylation sites (N-methyl/N-ethyl adjacent to an activating group) is 2. The van der Waals surface area contributed by atoms with Crippen molar-refractivity contribution >= 4 is 5.91 Å². The van der Waals surface area contributed by atoms with E-state index in [0.717, 1.165) is 52.1 Å². The van der Waals surface area contributed by atoms with E-state index in [1.165, 1.54) is 0 Å². The van der Waals surface area contributed by atoms with Crippen LogP contribution in [-0.2, 0) is 4.79 Å². The summed E-state index contributed by atoms with van der Waals surface area (Å²) in [5, 5.41) is 3.22. The third-order valence-electron chi connectivity index (χ3n) is 4.55. The first-order chi connectivity index (χ1) is 8.62. The minimum atomic E-state index is -0.506. The van der Waals surface area contributed by atoms with Crippen LogP contribution in [0.4, 0.5) is 0 Å². The second kappa shape index (κ2) is 5.55. The largest absolute Gasteiger partial charge is 0.368 e. The van der Waals surface area contributed by atoms with E-state index in [1.54, 1.807) is 0 Å². The second-order valence-corrected chi connectivity index (χ2v) is 5.57. The highest BCUT2D eigenvalue weighted by atomic mass is 16.1. The van der Waals surface area contributed by atoms with Gasteiger partial charge in [-0.25, -0.2) is 0 Å². The van der Waals surface area contributed by atoms with Crippen LogP contribution in [0.25, 0.3) is 0 Å². The molecule has 0 aromatic heterocycles. The van der Waals surface area contributed by atoms with Crippen molar-refractivity contribution in [1.82, 2.24) is 15.1 Å². The number of nitrogens with two attached hydrogens (primary N) is 1. The van der Waals surface area contributed by atoms with Crippen molar-refractivity contribution in [2.75, 3.05) is 46.3 Å². The number of nitrogens with one attached hydrogen (secondary N) is 1. The molecule has 5 heteroatoms. The van der Waals surface area contributed by atoms with Crippen molar-refractivity contribution in [3.8, 4) is 0 Å². The molecule has 1 heterocycles. The van der Waals surface area contributed by atoms with Crippen LogP contribution in [0.15, 0.2) is 0 Å². The Morgan fingerprint density at radius 3 is 2.22 bits per heavy atom. The molecule has 2 rings (SSSR count). The lowest BCUT2D eigenvalue weighted by Gasteiger charge is -2.40. The Kier molecular flexibility index (Phi) is 4.25. The Morgan fingerprint density at radius 2 is 1.83 bits per heavy atom. The summed E-state index contributed by atoms with van der Waals surface area (Å²) in [6.07, 6.45) is 2.25. The monoisotopic (exact) mass is 254 g/mol. The van der Waals surface area contributed by atoms with Crippen LogP contribution in [0.1, 0.15) is 19.8 Å². The van der Waals surface area contributed by atoms with Crippen molar-refractivity contribution in [3.05, 3.63) is 0 Å². The van der Waals surface area contributed by atoms with E-state index >= 15 is 0 Å². The fourth-order valence-electron chi connectivity index (χ4n) is 3.01. The van der Waals surface area contributed by atoms with Gasteiger partial charge in [0, 0.05) is 32.7 Å². The van der Waals surface area contributed by atoms with Crippen molar-refractivity contribution in [2.24, 2.45) is 11.7 Å². The zero-order valence-corrected chi connectivity index (χ0v) is 11.6. The Bertz CT molecular complexity index is 297. The maximum Gasteiger partial charge on any atom is 0.239 e. The predicted molar refractivity (Wildman–Crippen MR) is 72.3 cm³/mol. The number of rotatable bonds is 6. The number of carbonyl (C=O) groups excluding carboxylic acids is 1. The van der Waals surface area contributed by atoms with Gasteiger partial charge in [-0.1, -0.05) is 6.92 Å². The molecule has 1 aliphatic heterocycles. The Hall–Kier alpha value is -0.650. The topological polar surface area (TPSA) is 61.6 Å². The summed E-state index contributed by atoms with van der Waals surface area (Å²) < 4.78 is 0. The van der Waals surface area contributed by atoms with Gasteiger partial charge in [-0.3, -0.25) is 9.69 Å². The summed E-state index contributed by atoms with van der Waals surface area (Å²) in [5.74, 6) is 0.245. The van der Waals surface area contributed by atoms with Gasteiger partial charge in [0.1, 0.15) is 5.54 Å². The molecule has 0 bridgehead atoms. The third kappa shape index (κ3) is 2.68. The zero-order chi connectivity index (χ0) is 13.2. The standard InChI is InChI=1S/C13H26N4O/c1-3-16-6-8-17(9-7-16)10-13(15-2,12(14)18)11-4-5-11/h11,15H,3-10H2,1-2H3,(H2,14,18). The van der Waals surface area contributed by atoms with Gasteiger partial charge in [0.25, 0.3) is 0 Å². The van der Waals surface area contributed by atoms with Crippen molar-refractivity contribution in [2.45, 2.75) is 25.3 Å². The van der Waals surface area contributed by atoms with Gasteiger partial charge in [-0.15, -0.1) is 0 Å². The lowest BCUT2D eigenvalue weighted by molar-refractivity contribution is -0.126. The van der Waals surface area contributed by atoms with Crippen LogP contribution in [-0.4, -0.2) is 67.6 Å². The Labute approximate surface area is 110 Å². The number of amides is 1. The highest BCUT2D eigenvalue weighted by Gasteiger charge is 2.49. The predicted octanol–water partition coefficient (Wildman–Crippen LogP) is -0.523. The van der Waals surface area contributed by atoms with E-state index < -0.39 is 5.54 Å². The maximum absolute atomic E-state index is 11.9. The molecule has 0 aromatic rings. The fraction of sp³-hybridized carbons (Fsp3) is 0.923. The molecule has 0 spiro atoms. The van der Waals surface area contributed by atoms with Gasteiger partial charge in [-0.05, 0) is 32.4 Å². The van der Waals surface area contributed by atoms with Gasteiger partial charge in [0.15, 0.2) is 0 Å². The van der Waals surface area contributed by atoms with E-state index in [2.05, 4.69) is 22.0 Å². The first kappa shape index (κ1) is 13.8. The second-order valence-electron chi connectivity index (χ2n) is 5.57. The van der Waals surface area contributed by atoms with Crippen molar-refractivity contribution in [1.29, 1.82) is 0 Å². The molecule has 0 aromatic carbocycles. The molecular weight excluding hydrogens is 228 g/mol. The highest BCUT2D eigenvalue weighted by Crippen LogP contribution is 2.40. The summed E-state index contributed by atoms with van der Waals surface area (Å²) in [5.41, 5.74) is 5.15. The molecule has 3 N–H and O–H groups in total. The molecule has 1 amide bonds. The van der Waals surface area contributed by atoms with Gasteiger partial charge >= 0.3 is 0 Å². The average molecular weight is 254 g/mol. The summed E-state index contributed by atoms with van der Waals surface area (Å²) in [6.45, 7) is 8.35. The molecule has 2 fully saturated rings. The number of hydrogen-bond donors (Lipinski definition) is 2. The number of primary amides is 1. The van der Waals surface area contributed by atoms with Gasteiger partial charge in [0.2, 0.25) is 5.91 Å².